The number of rotatable bonds is 4. The van der Waals surface area contributed by atoms with E-state index in [9.17, 15) is 4.79 Å². The number of piperidine rings is 1. The maximum Gasteiger partial charge on any atom is 0.239 e. The molecule has 2 rings (SSSR count). The topological polar surface area (TPSA) is 82.2 Å². The maximum absolute atomic E-state index is 12.0. The standard InChI is InChI=1S/C14H20N4OS/c1-2-10-8-18(5-3-12(10)16)9-13(19)17-14-11(7-15)4-6-20-14/h4,6,10,12H,2-3,5,8-9,16H2,1H3,(H,17,19). The first kappa shape index (κ1) is 15.0. The number of nitrogens with two attached hydrogens (primary N) is 1. The number of nitriles is 1. The van der Waals surface area contributed by atoms with Crippen molar-refractivity contribution in [3.8, 4) is 6.07 Å². The first-order valence-corrected chi connectivity index (χ1v) is 7.77. The smallest absolute Gasteiger partial charge is 0.239 e. The van der Waals surface area contributed by atoms with Crippen LogP contribution in [0.3, 0.4) is 0 Å². The summed E-state index contributed by atoms with van der Waals surface area (Å²) in [5.74, 6) is 0.405. The van der Waals surface area contributed by atoms with Crippen LogP contribution in [0.25, 0.3) is 0 Å². The molecule has 1 saturated heterocycles. The molecule has 0 saturated carbocycles. The van der Waals surface area contributed by atoms with E-state index < -0.39 is 0 Å². The summed E-state index contributed by atoms with van der Waals surface area (Å²) in [6, 6.07) is 4.04. The van der Waals surface area contributed by atoms with Crippen LogP contribution in [0.15, 0.2) is 11.4 Å². The van der Waals surface area contributed by atoms with Gasteiger partial charge in [-0.25, -0.2) is 0 Å². The Hall–Kier alpha value is -1.42. The molecule has 1 aliphatic rings. The third-order valence-electron chi connectivity index (χ3n) is 3.81. The van der Waals surface area contributed by atoms with Gasteiger partial charge in [0, 0.05) is 19.1 Å². The molecule has 0 aromatic carbocycles. The molecule has 3 N–H and O–H groups in total. The zero-order valence-corrected chi connectivity index (χ0v) is 12.4. The lowest BCUT2D eigenvalue weighted by molar-refractivity contribution is -0.117. The molecule has 0 aliphatic carbocycles. The summed E-state index contributed by atoms with van der Waals surface area (Å²) in [6.07, 6.45) is 1.98. The highest BCUT2D eigenvalue weighted by Crippen LogP contribution is 2.22. The molecular weight excluding hydrogens is 272 g/mol. The monoisotopic (exact) mass is 292 g/mol. The van der Waals surface area contributed by atoms with Gasteiger partial charge in [0.1, 0.15) is 11.1 Å². The van der Waals surface area contributed by atoms with Gasteiger partial charge in [-0.3, -0.25) is 9.69 Å². The molecule has 0 bridgehead atoms. The minimum Gasteiger partial charge on any atom is -0.327 e. The lowest BCUT2D eigenvalue weighted by Crippen LogP contribution is -2.48. The number of hydrogen-bond acceptors (Lipinski definition) is 5. The van der Waals surface area contributed by atoms with Crippen molar-refractivity contribution in [1.82, 2.24) is 4.90 Å². The van der Waals surface area contributed by atoms with E-state index in [1.807, 2.05) is 0 Å². The van der Waals surface area contributed by atoms with Crippen LogP contribution in [0.1, 0.15) is 25.3 Å². The maximum atomic E-state index is 12.0. The Morgan fingerprint density at radius 2 is 2.50 bits per heavy atom. The Bertz CT molecular complexity index is 508. The molecule has 2 heterocycles. The van der Waals surface area contributed by atoms with Gasteiger partial charge in [0.2, 0.25) is 5.91 Å². The number of amides is 1. The second-order valence-electron chi connectivity index (χ2n) is 5.18. The molecule has 0 radical (unpaired) electrons. The summed E-state index contributed by atoms with van der Waals surface area (Å²) in [5, 5.41) is 14.2. The van der Waals surface area contributed by atoms with Crippen LogP contribution in [0, 0.1) is 17.2 Å². The van der Waals surface area contributed by atoms with E-state index in [1.54, 1.807) is 11.4 Å². The minimum atomic E-state index is -0.0609. The fourth-order valence-electron chi connectivity index (χ4n) is 2.56. The van der Waals surface area contributed by atoms with Crippen molar-refractivity contribution in [3.63, 3.8) is 0 Å². The number of likely N-dealkylation sites (tertiary alicyclic amines) is 1. The number of carbonyl (C=O) groups excluding carboxylic acids is 1. The number of hydrogen-bond donors (Lipinski definition) is 2. The van der Waals surface area contributed by atoms with E-state index in [1.165, 1.54) is 11.3 Å². The van der Waals surface area contributed by atoms with Gasteiger partial charge >= 0.3 is 0 Å². The van der Waals surface area contributed by atoms with Crippen molar-refractivity contribution < 1.29 is 4.79 Å². The van der Waals surface area contributed by atoms with Crippen molar-refractivity contribution in [2.75, 3.05) is 25.0 Å². The first-order chi connectivity index (χ1) is 9.63. The number of carbonyl (C=O) groups is 1. The van der Waals surface area contributed by atoms with Gasteiger partial charge in [0.15, 0.2) is 0 Å². The highest BCUT2D eigenvalue weighted by molar-refractivity contribution is 7.14. The summed E-state index contributed by atoms with van der Waals surface area (Å²) < 4.78 is 0. The predicted molar refractivity (Wildman–Crippen MR) is 80.5 cm³/mol. The quantitative estimate of drug-likeness (QED) is 0.883. The Morgan fingerprint density at radius 3 is 3.20 bits per heavy atom. The summed E-state index contributed by atoms with van der Waals surface area (Å²) in [4.78, 5) is 14.2. The van der Waals surface area contributed by atoms with E-state index in [0.29, 0.717) is 23.0 Å². The molecule has 5 nitrogen and oxygen atoms in total. The number of anilines is 1. The van der Waals surface area contributed by atoms with Gasteiger partial charge in [-0.15, -0.1) is 11.3 Å². The van der Waals surface area contributed by atoms with Crippen LogP contribution in [0.4, 0.5) is 5.00 Å². The van der Waals surface area contributed by atoms with Crippen molar-refractivity contribution >= 4 is 22.2 Å². The third kappa shape index (κ3) is 3.57. The fraction of sp³-hybridized carbons (Fsp3) is 0.571. The molecule has 1 aromatic rings. The van der Waals surface area contributed by atoms with Crippen LogP contribution in [0.5, 0.6) is 0 Å². The van der Waals surface area contributed by atoms with Crippen LogP contribution < -0.4 is 11.1 Å². The van der Waals surface area contributed by atoms with Crippen molar-refractivity contribution in [2.45, 2.75) is 25.8 Å². The van der Waals surface area contributed by atoms with Crippen LogP contribution in [-0.4, -0.2) is 36.5 Å². The molecule has 1 aromatic heterocycles. The Balaban J connectivity index is 1.87. The Kier molecular flexibility index (Phi) is 5.12. The zero-order valence-electron chi connectivity index (χ0n) is 11.6. The zero-order chi connectivity index (χ0) is 14.5. The van der Waals surface area contributed by atoms with Crippen molar-refractivity contribution in [2.24, 2.45) is 11.7 Å². The van der Waals surface area contributed by atoms with E-state index in [2.05, 4.69) is 23.2 Å². The summed E-state index contributed by atoms with van der Waals surface area (Å²) in [5.41, 5.74) is 6.59. The number of nitrogens with zero attached hydrogens (tertiary/aromatic N) is 2. The molecule has 0 spiro atoms. The average Bonchev–Trinajstić information content (AvgIpc) is 2.88. The molecule has 1 amide bonds. The highest BCUT2D eigenvalue weighted by atomic mass is 32.1. The number of thiophene rings is 1. The third-order valence-corrected chi connectivity index (χ3v) is 4.64. The van der Waals surface area contributed by atoms with Crippen LogP contribution >= 0.6 is 11.3 Å². The first-order valence-electron chi connectivity index (χ1n) is 6.89. The summed E-state index contributed by atoms with van der Waals surface area (Å²) in [6.45, 7) is 4.24. The lowest BCUT2D eigenvalue weighted by Gasteiger charge is -2.36. The SMILES string of the molecule is CCC1CN(CC(=O)Nc2sccc2C#N)CCC1N. The van der Waals surface area contributed by atoms with Gasteiger partial charge in [0.05, 0.1) is 12.1 Å². The lowest BCUT2D eigenvalue weighted by atomic mass is 9.91. The van der Waals surface area contributed by atoms with Crippen LogP contribution in [0.2, 0.25) is 0 Å². The van der Waals surface area contributed by atoms with Gasteiger partial charge in [-0.1, -0.05) is 13.3 Å². The molecule has 108 valence electrons. The van der Waals surface area contributed by atoms with Gasteiger partial charge in [-0.2, -0.15) is 5.26 Å². The largest absolute Gasteiger partial charge is 0.327 e. The average molecular weight is 292 g/mol. The Morgan fingerprint density at radius 1 is 1.70 bits per heavy atom. The van der Waals surface area contributed by atoms with Gasteiger partial charge in [0.25, 0.3) is 0 Å². The highest BCUT2D eigenvalue weighted by Gasteiger charge is 2.26. The minimum absolute atomic E-state index is 0.0609. The summed E-state index contributed by atoms with van der Waals surface area (Å²) in [7, 11) is 0. The van der Waals surface area contributed by atoms with Crippen LogP contribution in [-0.2, 0) is 4.79 Å². The molecule has 6 heteroatoms. The number of nitrogens with one attached hydrogen (secondary N) is 1. The van der Waals surface area contributed by atoms with E-state index >= 15 is 0 Å². The Labute approximate surface area is 123 Å². The second kappa shape index (κ2) is 6.84. The molecule has 2 unspecified atom stereocenters. The molecule has 2 atom stereocenters. The molecule has 20 heavy (non-hydrogen) atoms. The van der Waals surface area contributed by atoms with Crippen molar-refractivity contribution in [3.05, 3.63) is 17.0 Å². The van der Waals surface area contributed by atoms with Crippen molar-refractivity contribution in [1.29, 1.82) is 5.26 Å². The van der Waals surface area contributed by atoms with E-state index in [-0.39, 0.29) is 11.9 Å². The van der Waals surface area contributed by atoms with Gasteiger partial charge < -0.3 is 11.1 Å². The fourth-order valence-corrected chi connectivity index (χ4v) is 3.32. The van der Waals surface area contributed by atoms with E-state index in [0.717, 1.165) is 25.9 Å². The molecule has 1 aliphatic heterocycles. The van der Waals surface area contributed by atoms with E-state index in [4.69, 9.17) is 11.0 Å². The van der Waals surface area contributed by atoms with Gasteiger partial charge in [-0.05, 0) is 23.8 Å². The second-order valence-corrected chi connectivity index (χ2v) is 6.10. The normalized spacial score (nSPS) is 23.2. The summed E-state index contributed by atoms with van der Waals surface area (Å²) >= 11 is 1.38. The predicted octanol–water partition coefficient (Wildman–Crippen LogP) is 1.62. The molecule has 1 fully saturated rings. The molecular formula is C14H20N4OS.